The number of hydrogen-bond donors (Lipinski definition) is 0. The summed E-state index contributed by atoms with van der Waals surface area (Å²) in [4.78, 5) is 32.9. The summed E-state index contributed by atoms with van der Waals surface area (Å²) < 4.78 is 35.1. The first-order chi connectivity index (χ1) is 19.2. The summed E-state index contributed by atoms with van der Waals surface area (Å²) in [5, 5.41) is 0. The molecule has 0 aliphatic carbocycles. The van der Waals surface area contributed by atoms with Gasteiger partial charge in [0.1, 0.15) is 17.5 Å². The van der Waals surface area contributed by atoms with Crippen LogP contribution in [0.4, 0.5) is 0 Å². The second-order valence-corrected chi connectivity index (χ2v) is 10.4. The number of amides is 1. The third-order valence-electron chi connectivity index (χ3n) is 8.92. The van der Waals surface area contributed by atoms with Crippen LogP contribution in [0.25, 0.3) is 0 Å². The minimum absolute atomic E-state index is 0.115. The van der Waals surface area contributed by atoms with Crippen molar-refractivity contribution in [3.8, 4) is 34.5 Å². The number of fused-ring (bicyclic) bond motifs is 7. The number of ketones is 1. The predicted octanol–water partition coefficient (Wildman–Crippen LogP) is 3.81. The number of piperazine rings is 1. The van der Waals surface area contributed by atoms with Gasteiger partial charge >= 0.3 is 0 Å². The maximum atomic E-state index is 14.8. The van der Waals surface area contributed by atoms with Gasteiger partial charge in [0.05, 0.1) is 66.3 Å². The van der Waals surface area contributed by atoms with Crippen LogP contribution in [0.3, 0.4) is 0 Å². The van der Waals surface area contributed by atoms with Crippen LogP contribution < -0.4 is 28.4 Å². The van der Waals surface area contributed by atoms with Gasteiger partial charge in [-0.15, -0.1) is 0 Å². The number of methoxy groups -OCH3 is 6. The van der Waals surface area contributed by atoms with Crippen molar-refractivity contribution in [3.63, 3.8) is 0 Å². The molecule has 0 spiro atoms. The molecule has 0 radical (unpaired) electrons. The molecular weight excluding hydrogens is 516 g/mol. The second-order valence-electron chi connectivity index (χ2n) is 10.4. The Morgan fingerprint density at radius 2 is 1.20 bits per heavy atom. The largest absolute Gasteiger partial charge is 0.496 e. The molecule has 1 fully saturated rings. The highest BCUT2D eigenvalue weighted by molar-refractivity contribution is 6.10. The lowest BCUT2D eigenvalue weighted by Crippen LogP contribution is -2.68. The molecule has 1 saturated heterocycles. The van der Waals surface area contributed by atoms with Crippen LogP contribution in [0.1, 0.15) is 63.6 Å². The maximum absolute atomic E-state index is 14.8. The molecule has 2 aromatic carbocycles. The van der Waals surface area contributed by atoms with E-state index in [-0.39, 0.29) is 11.7 Å². The molecule has 2 bridgehead atoms. The fraction of sp³-hybridized carbons (Fsp3) is 0.533. The van der Waals surface area contributed by atoms with Crippen molar-refractivity contribution in [2.75, 3.05) is 49.7 Å². The van der Waals surface area contributed by atoms with E-state index in [0.717, 1.165) is 16.7 Å². The number of nitrogens with zero attached hydrogens (tertiary/aromatic N) is 2. The van der Waals surface area contributed by atoms with Crippen molar-refractivity contribution in [2.24, 2.45) is 0 Å². The van der Waals surface area contributed by atoms with Gasteiger partial charge in [-0.05, 0) is 27.3 Å². The van der Waals surface area contributed by atoms with Crippen molar-refractivity contribution >= 4 is 11.7 Å². The Morgan fingerprint density at radius 1 is 0.700 bits per heavy atom. The lowest BCUT2D eigenvalue weighted by Gasteiger charge is -2.56. The van der Waals surface area contributed by atoms with E-state index in [1.807, 2.05) is 32.7 Å². The third-order valence-corrected chi connectivity index (χ3v) is 8.92. The van der Waals surface area contributed by atoms with Gasteiger partial charge < -0.3 is 33.3 Å². The van der Waals surface area contributed by atoms with Crippen molar-refractivity contribution < 1.29 is 38.0 Å². The number of Topliss-reactive ketones (excluding diaryl/α,β-unsaturated/α-hetero) is 1. The Labute approximate surface area is 235 Å². The molecule has 216 valence electrons. The highest BCUT2D eigenvalue weighted by Gasteiger charge is 2.59. The van der Waals surface area contributed by atoms with E-state index >= 15 is 0 Å². The number of hydrogen-bond acceptors (Lipinski definition) is 9. The van der Waals surface area contributed by atoms with Crippen LogP contribution in [0.5, 0.6) is 34.5 Å². The van der Waals surface area contributed by atoms with Crippen molar-refractivity contribution in [1.82, 2.24) is 9.80 Å². The van der Waals surface area contributed by atoms with Crippen LogP contribution in [-0.4, -0.2) is 83.3 Å². The second kappa shape index (κ2) is 10.1. The van der Waals surface area contributed by atoms with E-state index in [2.05, 4.69) is 0 Å². The van der Waals surface area contributed by atoms with Gasteiger partial charge in [-0.2, -0.15) is 0 Å². The maximum Gasteiger partial charge on any atom is 0.241 e. The lowest BCUT2D eigenvalue weighted by molar-refractivity contribution is -0.153. The number of carbonyl (C=O) groups excluding carboxylic acids is 2. The van der Waals surface area contributed by atoms with E-state index < -0.39 is 24.2 Å². The topological polar surface area (TPSA) is 96.0 Å². The van der Waals surface area contributed by atoms with Crippen molar-refractivity contribution in [1.29, 1.82) is 0 Å². The summed E-state index contributed by atoms with van der Waals surface area (Å²) in [5.74, 6) is 2.76. The number of likely N-dealkylation sites (N-methyl/N-ethyl adjacent to an activating group) is 1. The number of benzene rings is 2. The highest BCUT2D eigenvalue weighted by atomic mass is 16.5. The monoisotopic (exact) mass is 554 g/mol. The van der Waals surface area contributed by atoms with Crippen LogP contribution >= 0.6 is 0 Å². The average molecular weight is 555 g/mol. The molecular formula is C30H38N2O8. The van der Waals surface area contributed by atoms with Gasteiger partial charge in [-0.1, -0.05) is 6.92 Å². The first-order valence-electron chi connectivity index (χ1n) is 13.4. The summed E-state index contributed by atoms with van der Waals surface area (Å²) in [5.41, 5.74) is 4.14. The summed E-state index contributed by atoms with van der Waals surface area (Å²) >= 11 is 0. The molecule has 3 aliphatic rings. The van der Waals surface area contributed by atoms with E-state index in [1.165, 1.54) is 0 Å². The molecule has 3 aliphatic heterocycles. The molecule has 4 atom stereocenters. The number of ether oxygens (including phenoxy) is 6. The Bertz CT molecular complexity index is 1400. The van der Waals surface area contributed by atoms with Crippen LogP contribution in [0.2, 0.25) is 0 Å². The number of rotatable bonds is 7. The number of carbonyl (C=O) groups is 2. The summed E-state index contributed by atoms with van der Waals surface area (Å²) in [7, 11) is 11.3. The normalized spacial score (nSPS) is 23.2. The summed E-state index contributed by atoms with van der Waals surface area (Å²) in [6.45, 7) is 5.75. The van der Waals surface area contributed by atoms with Crippen molar-refractivity contribution in [3.05, 3.63) is 33.4 Å². The van der Waals surface area contributed by atoms with Crippen molar-refractivity contribution in [2.45, 2.75) is 57.8 Å². The first-order valence-corrected chi connectivity index (χ1v) is 13.4. The minimum atomic E-state index is -0.845. The van der Waals surface area contributed by atoms with E-state index in [9.17, 15) is 9.59 Å². The Balaban J connectivity index is 1.88. The molecule has 5 rings (SSSR count). The minimum Gasteiger partial charge on any atom is -0.496 e. The Hall–Kier alpha value is -3.66. The van der Waals surface area contributed by atoms with Gasteiger partial charge in [0.25, 0.3) is 0 Å². The average Bonchev–Trinajstić information content (AvgIpc) is 2.95. The zero-order valence-electron chi connectivity index (χ0n) is 24.9. The molecule has 0 N–H and O–H groups in total. The standard InChI is InChI=1S/C30H38N2O8/c1-11-16-19-20(25(36-6)14(3)27(38-8)29(19)40-10)23(33)22-21-18-15(12-17(31(21)4)30(34)32(16)22)24(35-5)13(2)26(37-7)28(18)39-9/h16-17,21-22H,11-12H2,1-10H3. The van der Waals surface area contributed by atoms with Gasteiger partial charge in [0.2, 0.25) is 5.91 Å². The molecule has 1 amide bonds. The highest BCUT2D eigenvalue weighted by Crippen LogP contribution is 2.58. The first kappa shape index (κ1) is 27.9. The summed E-state index contributed by atoms with van der Waals surface area (Å²) in [6.07, 6.45) is 0.964. The molecule has 3 heterocycles. The van der Waals surface area contributed by atoms with Gasteiger partial charge in [0, 0.05) is 34.2 Å². The predicted molar refractivity (Wildman–Crippen MR) is 148 cm³/mol. The molecule has 10 nitrogen and oxygen atoms in total. The molecule has 40 heavy (non-hydrogen) atoms. The molecule has 10 heteroatoms. The van der Waals surface area contributed by atoms with Crippen LogP contribution in [-0.2, 0) is 11.2 Å². The Kier molecular flexibility index (Phi) is 7.02. The molecule has 0 aromatic heterocycles. The SMILES string of the molecule is CCC1c2c(OC)c(OC)c(C)c(OC)c2C(=O)C2C3c4c(c(OC)c(C)c(OC)c4OC)CC(C(=O)N12)N3C. The lowest BCUT2D eigenvalue weighted by atomic mass is 9.72. The zero-order valence-corrected chi connectivity index (χ0v) is 24.9. The zero-order chi connectivity index (χ0) is 29.2. The Morgan fingerprint density at radius 3 is 1.70 bits per heavy atom. The van der Waals surface area contributed by atoms with Gasteiger partial charge in [-0.3, -0.25) is 14.5 Å². The molecule has 4 unspecified atom stereocenters. The fourth-order valence-corrected chi connectivity index (χ4v) is 7.35. The van der Waals surface area contributed by atoms with Crippen LogP contribution in [0.15, 0.2) is 0 Å². The van der Waals surface area contributed by atoms with Crippen LogP contribution in [0, 0.1) is 13.8 Å². The third kappa shape index (κ3) is 3.38. The van der Waals surface area contributed by atoms with E-state index in [0.29, 0.717) is 64.0 Å². The molecule has 0 saturated carbocycles. The smallest absolute Gasteiger partial charge is 0.241 e. The van der Waals surface area contributed by atoms with Gasteiger partial charge in [-0.25, -0.2) is 0 Å². The van der Waals surface area contributed by atoms with E-state index in [4.69, 9.17) is 28.4 Å². The summed E-state index contributed by atoms with van der Waals surface area (Å²) in [6, 6.07) is -2.30. The fourth-order valence-electron chi connectivity index (χ4n) is 7.35. The molecule has 2 aromatic rings. The van der Waals surface area contributed by atoms with Gasteiger partial charge in [0.15, 0.2) is 28.8 Å². The quantitative estimate of drug-likeness (QED) is 0.506. The van der Waals surface area contributed by atoms with E-state index in [1.54, 1.807) is 47.6 Å².